The Morgan fingerprint density at radius 1 is 0.938 bits per heavy atom. The van der Waals surface area contributed by atoms with Gasteiger partial charge in [-0.25, -0.2) is 0 Å². The van der Waals surface area contributed by atoms with Gasteiger partial charge in [-0.1, -0.05) is 41.9 Å². The number of ether oxygens (including phenoxy) is 1. The number of Topliss-reactive ketones (excluding diaryl/α,β-unsaturated/α-hetero) is 1. The number of hydrogen-bond donors (Lipinski definition) is 0. The third-order valence-corrected chi connectivity index (χ3v) is 7.40. The SMILES string of the molecule is O=C(CN1C(=O)[C@@H]2[C@@H]3C[C@@H]([C@H]2C1=O)[C@@H](c1ccccc1)C3)OCC(=O)c1ccc(Cl)cc1. The second kappa shape index (κ2) is 8.17. The summed E-state index contributed by atoms with van der Waals surface area (Å²) in [5.41, 5.74) is 1.57. The van der Waals surface area contributed by atoms with Crippen molar-refractivity contribution in [3.05, 3.63) is 70.7 Å². The van der Waals surface area contributed by atoms with E-state index in [9.17, 15) is 19.2 Å². The first-order valence-electron chi connectivity index (χ1n) is 10.8. The summed E-state index contributed by atoms with van der Waals surface area (Å²) >= 11 is 5.81. The molecule has 1 saturated heterocycles. The number of halogens is 1. The summed E-state index contributed by atoms with van der Waals surface area (Å²) in [6.07, 6.45) is 1.77. The Kier molecular flexibility index (Phi) is 5.33. The van der Waals surface area contributed by atoms with Crippen LogP contribution in [0.15, 0.2) is 54.6 Å². The van der Waals surface area contributed by atoms with E-state index in [4.69, 9.17) is 16.3 Å². The lowest BCUT2D eigenvalue weighted by Gasteiger charge is -2.28. The van der Waals surface area contributed by atoms with Gasteiger partial charge in [-0.2, -0.15) is 0 Å². The molecule has 0 spiro atoms. The van der Waals surface area contributed by atoms with Gasteiger partial charge >= 0.3 is 5.97 Å². The van der Waals surface area contributed by atoms with Gasteiger partial charge in [-0.05, 0) is 60.4 Å². The fraction of sp³-hybridized carbons (Fsp3) is 0.360. The Morgan fingerprint density at radius 3 is 2.34 bits per heavy atom. The number of esters is 1. The molecule has 0 N–H and O–H groups in total. The average Bonchev–Trinajstić information content (AvgIpc) is 3.46. The lowest BCUT2D eigenvalue weighted by Crippen LogP contribution is -2.38. The van der Waals surface area contributed by atoms with Gasteiger partial charge in [0.25, 0.3) is 0 Å². The highest BCUT2D eigenvalue weighted by atomic mass is 35.5. The van der Waals surface area contributed by atoms with E-state index in [0.717, 1.165) is 17.7 Å². The van der Waals surface area contributed by atoms with E-state index < -0.39 is 19.1 Å². The largest absolute Gasteiger partial charge is 0.456 e. The van der Waals surface area contributed by atoms with Crippen LogP contribution in [0.25, 0.3) is 0 Å². The second-order valence-corrected chi connectivity index (χ2v) is 9.25. The zero-order valence-corrected chi connectivity index (χ0v) is 18.0. The molecule has 3 fully saturated rings. The van der Waals surface area contributed by atoms with Gasteiger partial charge in [0.1, 0.15) is 6.54 Å². The normalized spacial score (nSPS) is 28.2. The average molecular weight is 452 g/mol. The molecule has 6 nitrogen and oxygen atoms in total. The van der Waals surface area contributed by atoms with E-state index in [-0.39, 0.29) is 47.2 Å². The molecule has 2 aromatic rings. The predicted octanol–water partition coefficient (Wildman–Crippen LogP) is 3.49. The summed E-state index contributed by atoms with van der Waals surface area (Å²) in [5.74, 6) is -1.85. The second-order valence-electron chi connectivity index (χ2n) is 8.82. The number of ketones is 1. The third kappa shape index (κ3) is 3.52. The van der Waals surface area contributed by atoms with Crippen molar-refractivity contribution in [1.82, 2.24) is 4.90 Å². The Hall–Kier alpha value is -2.99. The Labute approximate surface area is 190 Å². The first kappa shape index (κ1) is 20.9. The molecule has 1 heterocycles. The molecule has 3 aliphatic rings. The molecular formula is C25H22ClNO5. The summed E-state index contributed by atoms with van der Waals surface area (Å²) < 4.78 is 5.06. The minimum Gasteiger partial charge on any atom is -0.456 e. The van der Waals surface area contributed by atoms with Crippen molar-refractivity contribution in [2.24, 2.45) is 23.7 Å². The van der Waals surface area contributed by atoms with Crippen LogP contribution in [0.5, 0.6) is 0 Å². The van der Waals surface area contributed by atoms with Crippen molar-refractivity contribution in [3.8, 4) is 0 Å². The molecule has 2 aliphatic carbocycles. The zero-order valence-electron chi connectivity index (χ0n) is 17.3. The smallest absolute Gasteiger partial charge is 0.326 e. The highest BCUT2D eigenvalue weighted by Gasteiger charge is 2.64. The molecule has 1 aliphatic heterocycles. The maximum atomic E-state index is 13.1. The maximum absolute atomic E-state index is 13.1. The van der Waals surface area contributed by atoms with Crippen LogP contribution in [0.1, 0.15) is 34.7 Å². The molecule has 7 heteroatoms. The molecule has 0 unspecified atom stereocenters. The standard InChI is InChI=1S/C25H22ClNO5/c26-17-8-6-15(7-9-17)20(28)13-32-21(29)12-27-24(30)22-16-10-18(14-4-2-1-3-5-14)19(11-16)23(22)25(27)31/h1-9,16,18-19,22-23H,10-13H2/t16-,18+,19+,22+,23+/m0/s1. The molecule has 0 aromatic heterocycles. The van der Waals surface area contributed by atoms with Crippen LogP contribution < -0.4 is 0 Å². The summed E-state index contributed by atoms with van der Waals surface area (Å²) in [5, 5.41) is 0.499. The quantitative estimate of drug-likeness (QED) is 0.381. The van der Waals surface area contributed by atoms with Crippen molar-refractivity contribution >= 4 is 35.2 Å². The predicted molar refractivity (Wildman–Crippen MR) is 116 cm³/mol. The van der Waals surface area contributed by atoms with Gasteiger partial charge < -0.3 is 4.74 Å². The van der Waals surface area contributed by atoms with Crippen LogP contribution in [0.2, 0.25) is 5.02 Å². The number of carbonyl (C=O) groups is 4. The fourth-order valence-electron chi connectivity index (χ4n) is 5.80. The van der Waals surface area contributed by atoms with E-state index in [2.05, 4.69) is 12.1 Å². The van der Waals surface area contributed by atoms with Crippen LogP contribution in [-0.2, 0) is 19.1 Å². The van der Waals surface area contributed by atoms with Gasteiger partial charge in [0.2, 0.25) is 11.8 Å². The van der Waals surface area contributed by atoms with E-state index in [1.165, 1.54) is 5.56 Å². The molecule has 5 atom stereocenters. The van der Waals surface area contributed by atoms with E-state index in [1.807, 2.05) is 18.2 Å². The number of amides is 2. The Balaban J connectivity index is 1.22. The molecule has 5 rings (SSSR count). The Morgan fingerprint density at radius 2 is 1.62 bits per heavy atom. The van der Waals surface area contributed by atoms with E-state index >= 15 is 0 Å². The summed E-state index contributed by atoms with van der Waals surface area (Å²) in [6, 6.07) is 16.4. The minimum atomic E-state index is -0.763. The van der Waals surface area contributed by atoms with E-state index in [0.29, 0.717) is 10.6 Å². The number of hydrogen-bond acceptors (Lipinski definition) is 5. The molecular weight excluding hydrogens is 430 g/mol. The highest BCUT2D eigenvalue weighted by Crippen LogP contribution is 2.61. The molecule has 2 bridgehead atoms. The number of fused-ring (bicyclic) bond motifs is 5. The first-order valence-corrected chi connectivity index (χ1v) is 11.2. The number of likely N-dealkylation sites (tertiary alicyclic amines) is 1. The topological polar surface area (TPSA) is 80.8 Å². The van der Waals surface area contributed by atoms with Crippen molar-refractivity contribution in [2.75, 3.05) is 13.2 Å². The summed E-state index contributed by atoms with van der Waals surface area (Å²) in [7, 11) is 0. The summed E-state index contributed by atoms with van der Waals surface area (Å²) in [6.45, 7) is -0.904. The molecule has 2 aromatic carbocycles. The van der Waals surface area contributed by atoms with Crippen molar-refractivity contribution in [3.63, 3.8) is 0 Å². The minimum absolute atomic E-state index is 0.122. The van der Waals surface area contributed by atoms with Crippen LogP contribution >= 0.6 is 11.6 Å². The molecule has 2 amide bonds. The number of imide groups is 1. The third-order valence-electron chi connectivity index (χ3n) is 7.15. The molecule has 2 saturated carbocycles. The highest BCUT2D eigenvalue weighted by molar-refractivity contribution is 6.30. The lowest BCUT2D eigenvalue weighted by molar-refractivity contribution is -0.152. The van der Waals surface area contributed by atoms with Gasteiger partial charge in [0, 0.05) is 10.6 Å². The number of rotatable bonds is 6. The Bertz CT molecular complexity index is 1080. The molecule has 164 valence electrons. The fourth-order valence-corrected chi connectivity index (χ4v) is 5.93. The lowest BCUT2D eigenvalue weighted by atomic mass is 9.73. The van der Waals surface area contributed by atoms with Gasteiger partial charge in [0.05, 0.1) is 11.8 Å². The van der Waals surface area contributed by atoms with Crippen LogP contribution in [0.4, 0.5) is 0 Å². The first-order chi connectivity index (χ1) is 15.4. The van der Waals surface area contributed by atoms with Crippen LogP contribution in [-0.4, -0.2) is 41.6 Å². The van der Waals surface area contributed by atoms with E-state index in [1.54, 1.807) is 24.3 Å². The number of nitrogens with zero attached hydrogens (tertiary/aromatic N) is 1. The zero-order chi connectivity index (χ0) is 22.4. The molecule has 0 radical (unpaired) electrons. The number of benzene rings is 2. The molecule has 32 heavy (non-hydrogen) atoms. The van der Waals surface area contributed by atoms with Crippen molar-refractivity contribution in [1.29, 1.82) is 0 Å². The van der Waals surface area contributed by atoms with Crippen molar-refractivity contribution in [2.45, 2.75) is 18.8 Å². The van der Waals surface area contributed by atoms with Gasteiger partial charge in [0.15, 0.2) is 12.4 Å². The van der Waals surface area contributed by atoms with Crippen LogP contribution in [0.3, 0.4) is 0 Å². The summed E-state index contributed by atoms with van der Waals surface area (Å²) in [4.78, 5) is 51.6. The maximum Gasteiger partial charge on any atom is 0.326 e. The monoisotopic (exact) mass is 451 g/mol. The van der Waals surface area contributed by atoms with Gasteiger partial charge in [-0.3, -0.25) is 24.1 Å². The van der Waals surface area contributed by atoms with Gasteiger partial charge in [-0.15, -0.1) is 0 Å². The van der Waals surface area contributed by atoms with Crippen LogP contribution in [0, 0.1) is 23.7 Å². The number of carbonyl (C=O) groups excluding carboxylic acids is 4. The van der Waals surface area contributed by atoms with Crippen molar-refractivity contribution < 1.29 is 23.9 Å².